The van der Waals surface area contributed by atoms with Crippen molar-refractivity contribution in [1.82, 2.24) is 4.98 Å². The molecule has 0 saturated carbocycles. The van der Waals surface area contributed by atoms with E-state index in [1.165, 1.54) is 11.3 Å². The molecule has 8 heteroatoms. The molecule has 3 aliphatic carbocycles. The first-order valence-electron chi connectivity index (χ1n) is 11.2. The monoisotopic (exact) mass is 545 g/mol. The predicted molar refractivity (Wildman–Crippen MR) is 139 cm³/mol. The van der Waals surface area contributed by atoms with Crippen LogP contribution >= 0.6 is 27.3 Å². The molecule has 35 heavy (non-hydrogen) atoms. The Morgan fingerprint density at radius 1 is 1.09 bits per heavy atom. The van der Waals surface area contributed by atoms with Crippen molar-refractivity contribution >= 4 is 38.3 Å². The molecule has 1 atom stereocenters. The van der Waals surface area contributed by atoms with Gasteiger partial charge in [0.15, 0.2) is 5.13 Å². The molecule has 0 saturated heterocycles. The van der Waals surface area contributed by atoms with Crippen LogP contribution in [0.25, 0.3) is 11.3 Å². The Bertz CT molecular complexity index is 1470. The second kappa shape index (κ2) is 7.83. The lowest BCUT2D eigenvalue weighted by Gasteiger charge is -2.52. The number of amides is 1. The Hall–Kier alpha value is -3.36. The summed E-state index contributed by atoms with van der Waals surface area (Å²) in [6.07, 6.45) is 0.0847. The molecule has 7 rings (SSSR count). The number of nitrogens with zero attached hydrogens (tertiary/aromatic N) is 2. The van der Waals surface area contributed by atoms with Crippen LogP contribution in [0.5, 0.6) is 0 Å². The average Bonchev–Trinajstić information content (AvgIpc) is 3.32. The third-order valence-corrected chi connectivity index (χ3v) is 8.62. The van der Waals surface area contributed by atoms with Crippen molar-refractivity contribution in [2.24, 2.45) is 5.41 Å². The largest absolute Gasteiger partial charge is 0.301 e. The number of nitrogens with one attached hydrogen (secondary N) is 1. The summed E-state index contributed by atoms with van der Waals surface area (Å²) in [5, 5.41) is 18.1. The number of thiazole rings is 1. The molecule has 2 bridgehead atoms. The highest BCUT2D eigenvalue weighted by atomic mass is 79.9. The molecule has 4 aromatic rings. The van der Waals surface area contributed by atoms with Gasteiger partial charge in [-0.15, -0.1) is 11.3 Å². The molecule has 6 nitrogen and oxygen atoms in total. The number of hydrogen-bond acceptors (Lipinski definition) is 5. The van der Waals surface area contributed by atoms with Gasteiger partial charge in [0, 0.05) is 43.8 Å². The summed E-state index contributed by atoms with van der Waals surface area (Å²) in [5.41, 5.74) is 2.26. The van der Waals surface area contributed by atoms with Crippen molar-refractivity contribution in [2.45, 2.75) is 24.8 Å². The number of carbonyl (C=O) groups is 1. The molecular formula is C27H20BrN3O3S. The lowest BCUT2D eigenvalue weighted by atomic mass is 9.49. The Balaban J connectivity index is 1.43. The van der Waals surface area contributed by atoms with E-state index in [1.54, 1.807) is 0 Å². The third kappa shape index (κ3) is 3.13. The van der Waals surface area contributed by atoms with Crippen LogP contribution in [-0.2, 0) is 10.3 Å². The van der Waals surface area contributed by atoms with E-state index in [0.29, 0.717) is 16.3 Å². The van der Waals surface area contributed by atoms with Crippen LogP contribution in [0.15, 0.2) is 82.6 Å². The van der Waals surface area contributed by atoms with E-state index in [4.69, 9.17) is 0 Å². The minimum Gasteiger partial charge on any atom is -0.301 e. The summed E-state index contributed by atoms with van der Waals surface area (Å²) in [7, 11) is 0. The standard InChI is InChI=1S/C27H20BrN3O3S/c1-26(24(32)30-25-29-22(14-35-25)16-7-6-8-17(28)13-16)15-27(31(33)34)20-11-4-2-9-18(20)23(26)19-10-3-5-12-21(19)27/h2-14,23H,15H2,1H3,(H,29,30,32). The molecule has 1 heterocycles. The molecule has 0 aliphatic heterocycles. The van der Waals surface area contributed by atoms with Gasteiger partial charge in [-0.2, -0.15) is 0 Å². The van der Waals surface area contributed by atoms with Gasteiger partial charge < -0.3 is 5.32 Å². The zero-order chi connectivity index (χ0) is 24.4. The zero-order valence-electron chi connectivity index (χ0n) is 18.7. The van der Waals surface area contributed by atoms with Gasteiger partial charge in [0.25, 0.3) is 5.54 Å². The topological polar surface area (TPSA) is 85.1 Å². The van der Waals surface area contributed by atoms with Gasteiger partial charge >= 0.3 is 0 Å². The Morgan fingerprint density at radius 3 is 2.37 bits per heavy atom. The van der Waals surface area contributed by atoms with Gasteiger partial charge in [0.1, 0.15) is 0 Å². The molecule has 3 aliphatic rings. The second-order valence-electron chi connectivity index (χ2n) is 9.32. The maximum atomic E-state index is 13.9. The van der Waals surface area contributed by atoms with Crippen molar-refractivity contribution in [3.05, 3.63) is 115 Å². The number of carbonyl (C=O) groups excluding carboxylic acids is 1. The smallest absolute Gasteiger partial charge is 0.273 e. The molecule has 1 amide bonds. The summed E-state index contributed by atoms with van der Waals surface area (Å²) in [6.45, 7) is 1.85. The van der Waals surface area contributed by atoms with Crippen LogP contribution in [0.3, 0.4) is 0 Å². The predicted octanol–water partition coefficient (Wildman–Crippen LogP) is 6.59. The van der Waals surface area contributed by atoms with Gasteiger partial charge in [0.2, 0.25) is 5.91 Å². The molecule has 0 spiro atoms. The minimum absolute atomic E-state index is 0.0847. The van der Waals surface area contributed by atoms with Crippen molar-refractivity contribution in [2.75, 3.05) is 5.32 Å². The summed E-state index contributed by atoms with van der Waals surface area (Å²) >= 11 is 4.82. The number of rotatable bonds is 4. The van der Waals surface area contributed by atoms with E-state index in [2.05, 4.69) is 26.2 Å². The van der Waals surface area contributed by atoms with Crippen LogP contribution in [0.1, 0.15) is 41.5 Å². The van der Waals surface area contributed by atoms with Crippen molar-refractivity contribution < 1.29 is 9.72 Å². The molecular weight excluding hydrogens is 526 g/mol. The van der Waals surface area contributed by atoms with E-state index in [9.17, 15) is 14.9 Å². The molecule has 1 unspecified atom stereocenters. The van der Waals surface area contributed by atoms with Gasteiger partial charge in [-0.25, -0.2) is 4.98 Å². The average molecular weight is 546 g/mol. The van der Waals surface area contributed by atoms with Crippen LogP contribution in [-0.4, -0.2) is 15.8 Å². The summed E-state index contributed by atoms with van der Waals surface area (Å²) in [6, 6.07) is 22.8. The SMILES string of the molecule is CC1(C(=O)Nc2nc(-c3cccc(Br)c3)cs2)CC2([N+](=O)[O-])c3ccccc3C1c1ccccc12. The number of aromatic nitrogens is 1. The molecule has 3 aromatic carbocycles. The maximum Gasteiger partial charge on any atom is 0.273 e. The van der Waals surface area contributed by atoms with E-state index in [1.807, 2.05) is 85.1 Å². The first-order chi connectivity index (χ1) is 16.8. The van der Waals surface area contributed by atoms with Crippen LogP contribution in [0, 0.1) is 15.5 Å². The van der Waals surface area contributed by atoms with Gasteiger partial charge in [-0.3, -0.25) is 14.9 Å². The second-order valence-corrected chi connectivity index (χ2v) is 11.1. The highest BCUT2D eigenvalue weighted by Crippen LogP contribution is 2.64. The Kier molecular flexibility index (Phi) is 4.95. The summed E-state index contributed by atoms with van der Waals surface area (Å²) < 4.78 is 0.946. The molecule has 174 valence electrons. The normalized spacial score (nSPS) is 23.9. The van der Waals surface area contributed by atoms with Crippen LogP contribution in [0.2, 0.25) is 0 Å². The quantitative estimate of drug-likeness (QED) is 0.231. The minimum atomic E-state index is -1.47. The van der Waals surface area contributed by atoms with Gasteiger partial charge in [-0.05, 0) is 30.2 Å². The number of hydrogen-bond donors (Lipinski definition) is 1. The van der Waals surface area contributed by atoms with E-state index in [0.717, 1.165) is 26.9 Å². The lowest BCUT2D eigenvalue weighted by Crippen LogP contribution is -2.57. The van der Waals surface area contributed by atoms with Crippen molar-refractivity contribution in [3.8, 4) is 11.3 Å². The zero-order valence-corrected chi connectivity index (χ0v) is 21.1. The fraction of sp³-hybridized carbons (Fsp3) is 0.185. The van der Waals surface area contributed by atoms with E-state index in [-0.39, 0.29) is 23.2 Å². The highest BCUT2D eigenvalue weighted by Gasteiger charge is 2.67. The highest BCUT2D eigenvalue weighted by molar-refractivity contribution is 9.10. The first-order valence-corrected chi connectivity index (χ1v) is 12.9. The van der Waals surface area contributed by atoms with Crippen LogP contribution < -0.4 is 5.32 Å². The van der Waals surface area contributed by atoms with E-state index < -0.39 is 11.0 Å². The molecule has 1 N–H and O–H groups in total. The van der Waals surface area contributed by atoms with Crippen molar-refractivity contribution in [3.63, 3.8) is 0 Å². The van der Waals surface area contributed by atoms with E-state index >= 15 is 0 Å². The molecule has 1 aromatic heterocycles. The lowest BCUT2D eigenvalue weighted by molar-refractivity contribution is -0.573. The Labute approximate surface area is 214 Å². The number of nitro groups is 1. The number of anilines is 1. The Morgan fingerprint density at radius 2 is 1.74 bits per heavy atom. The van der Waals surface area contributed by atoms with Crippen molar-refractivity contribution in [1.29, 1.82) is 0 Å². The summed E-state index contributed by atoms with van der Waals surface area (Å²) in [4.78, 5) is 31.1. The number of benzene rings is 3. The van der Waals surface area contributed by atoms with Gasteiger partial charge in [-0.1, -0.05) is 76.6 Å². The first kappa shape index (κ1) is 22.1. The fourth-order valence-electron chi connectivity index (χ4n) is 5.90. The fourth-order valence-corrected chi connectivity index (χ4v) is 7.01. The third-order valence-electron chi connectivity index (χ3n) is 7.37. The number of halogens is 1. The summed E-state index contributed by atoms with van der Waals surface area (Å²) in [5.74, 6) is -0.547. The molecule has 0 radical (unpaired) electrons. The maximum absolute atomic E-state index is 13.9. The number of fused-ring (bicyclic) bond motifs is 1. The van der Waals surface area contributed by atoms with Crippen LogP contribution in [0.4, 0.5) is 5.13 Å². The van der Waals surface area contributed by atoms with Gasteiger partial charge in [0.05, 0.1) is 11.1 Å². The molecule has 0 fully saturated rings.